The van der Waals surface area contributed by atoms with Crippen LogP contribution >= 0.6 is 0 Å². The summed E-state index contributed by atoms with van der Waals surface area (Å²) in [4.78, 5) is 26.4. The number of nitrogens with one attached hydrogen (secondary N) is 1. The lowest BCUT2D eigenvalue weighted by Crippen LogP contribution is -2.42. The fraction of sp³-hybridized carbons (Fsp3) is 0.250. The van der Waals surface area contributed by atoms with Gasteiger partial charge in [0.15, 0.2) is 6.61 Å². The van der Waals surface area contributed by atoms with Gasteiger partial charge in [0, 0.05) is 13.1 Å². The lowest BCUT2D eigenvalue weighted by atomic mass is 10.2. The molecule has 4 rings (SSSR count). The van der Waals surface area contributed by atoms with E-state index < -0.39 is 28.3 Å². The highest BCUT2D eigenvalue weighted by atomic mass is 32.2. The quantitative estimate of drug-likeness (QED) is 0.297. The van der Waals surface area contributed by atoms with Crippen LogP contribution in [0.2, 0.25) is 0 Å². The van der Waals surface area contributed by atoms with Crippen molar-refractivity contribution in [1.82, 2.24) is 10.3 Å². The van der Waals surface area contributed by atoms with Crippen molar-refractivity contribution in [2.24, 2.45) is 5.10 Å². The average molecular weight is 569 g/mol. The first kappa shape index (κ1) is 28.7. The molecule has 2 amide bonds. The van der Waals surface area contributed by atoms with Gasteiger partial charge in [0.1, 0.15) is 18.1 Å². The van der Waals surface area contributed by atoms with Crippen LogP contribution in [0.3, 0.4) is 0 Å². The fourth-order valence-corrected chi connectivity index (χ4v) is 5.22. The molecule has 3 aromatic carbocycles. The van der Waals surface area contributed by atoms with Crippen LogP contribution in [0.25, 0.3) is 0 Å². The molecule has 1 heterocycles. The van der Waals surface area contributed by atoms with Crippen LogP contribution in [-0.4, -0.2) is 70.8 Å². The summed E-state index contributed by atoms with van der Waals surface area (Å²) >= 11 is 0. The summed E-state index contributed by atoms with van der Waals surface area (Å²) in [7, 11) is -4.17. The molecule has 0 unspecified atom stereocenters. The minimum atomic E-state index is -4.17. The zero-order valence-corrected chi connectivity index (χ0v) is 22.6. The largest absolute Gasteiger partial charge is 0.484 e. The van der Waals surface area contributed by atoms with E-state index in [1.165, 1.54) is 6.21 Å². The predicted octanol–water partition coefficient (Wildman–Crippen LogP) is 2.72. The lowest BCUT2D eigenvalue weighted by molar-refractivity contribution is -0.137. The number of hydrazone groups is 1. The summed E-state index contributed by atoms with van der Waals surface area (Å²) in [6.45, 7) is 3.35. The minimum absolute atomic E-state index is 0.0815. The Morgan fingerprint density at radius 3 is 2.33 bits per heavy atom. The first-order chi connectivity index (χ1) is 19.2. The van der Waals surface area contributed by atoms with Crippen LogP contribution in [0.1, 0.15) is 11.1 Å². The number of rotatable bonds is 10. The first-order valence-corrected chi connectivity index (χ1v) is 13.9. The van der Waals surface area contributed by atoms with Crippen LogP contribution in [0, 0.1) is 12.7 Å². The van der Waals surface area contributed by atoms with Gasteiger partial charge in [0.2, 0.25) is 0 Å². The third-order valence-corrected chi connectivity index (χ3v) is 7.81. The van der Waals surface area contributed by atoms with Crippen molar-refractivity contribution >= 4 is 33.7 Å². The van der Waals surface area contributed by atoms with E-state index in [4.69, 9.17) is 9.47 Å². The van der Waals surface area contributed by atoms with E-state index in [0.29, 0.717) is 37.6 Å². The molecule has 0 spiro atoms. The molecule has 10 nitrogen and oxygen atoms in total. The van der Waals surface area contributed by atoms with Gasteiger partial charge in [-0.05, 0) is 73.2 Å². The Kier molecular flexibility index (Phi) is 9.46. The highest BCUT2D eigenvalue weighted by Crippen LogP contribution is 2.24. The molecule has 3 aromatic rings. The number of nitrogens with zero attached hydrogens (tertiary/aromatic N) is 3. The molecular weight excluding hydrogens is 539 g/mol. The Bertz CT molecular complexity index is 1440. The predicted molar refractivity (Wildman–Crippen MR) is 147 cm³/mol. The smallest absolute Gasteiger partial charge is 0.264 e. The van der Waals surface area contributed by atoms with Crippen molar-refractivity contribution in [3.63, 3.8) is 0 Å². The van der Waals surface area contributed by atoms with Crippen molar-refractivity contribution in [1.29, 1.82) is 0 Å². The molecule has 1 fully saturated rings. The van der Waals surface area contributed by atoms with Gasteiger partial charge in [-0.25, -0.2) is 18.2 Å². The average Bonchev–Trinajstić information content (AvgIpc) is 2.96. The zero-order chi connectivity index (χ0) is 28.5. The van der Waals surface area contributed by atoms with E-state index >= 15 is 0 Å². The molecule has 0 bridgehead atoms. The topological polar surface area (TPSA) is 118 Å². The highest BCUT2D eigenvalue weighted by molar-refractivity contribution is 7.92. The number of carbonyl (C=O) groups is 2. The molecule has 1 N–H and O–H groups in total. The van der Waals surface area contributed by atoms with Crippen molar-refractivity contribution in [2.75, 3.05) is 43.8 Å². The van der Waals surface area contributed by atoms with Crippen LogP contribution in [-0.2, 0) is 24.3 Å². The molecule has 40 heavy (non-hydrogen) atoms. The maximum Gasteiger partial charge on any atom is 0.264 e. The van der Waals surface area contributed by atoms with E-state index in [1.54, 1.807) is 53.4 Å². The van der Waals surface area contributed by atoms with Gasteiger partial charge in [-0.2, -0.15) is 5.10 Å². The second-order valence-electron chi connectivity index (χ2n) is 8.95. The number of hydrogen-bond acceptors (Lipinski definition) is 7. The van der Waals surface area contributed by atoms with Gasteiger partial charge < -0.3 is 14.4 Å². The van der Waals surface area contributed by atoms with Crippen LogP contribution in [0.4, 0.5) is 10.1 Å². The minimum Gasteiger partial charge on any atom is -0.484 e. The number of sulfonamides is 1. The summed E-state index contributed by atoms with van der Waals surface area (Å²) in [5, 5.41) is 3.92. The van der Waals surface area contributed by atoms with Crippen molar-refractivity contribution < 1.29 is 31.9 Å². The third-order valence-electron chi connectivity index (χ3n) is 6.02. The molecule has 1 aliphatic heterocycles. The molecule has 0 aromatic heterocycles. The first-order valence-electron chi connectivity index (χ1n) is 12.5. The number of aryl methyl sites for hydroxylation is 1. The molecule has 0 saturated carbocycles. The zero-order valence-electron chi connectivity index (χ0n) is 21.8. The SMILES string of the molecule is Cc1ccc(N(CC(=O)N/N=C\c2ccc(OCC(=O)N3CCOCC3)cc2)S(=O)(=O)c2ccc(F)cc2)cc1. The van der Waals surface area contributed by atoms with Crippen LogP contribution < -0.4 is 14.5 Å². The number of halogens is 1. The maximum absolute atomic E-state index is 13.4. The summed E-state index contributed by atoms with van der Waals surface area (Å²) in [5.41, 5.74) is 4.17. The Morgan fingerprint density at radius 1 is 1.02 bits per heavy atom. The van der Waals surface area contributed by atoms with E-state index in [1.807, 2.05) is 6.92 Å². The fourth-order valence-electron chi connectivity index (χ4n) is 3.80. The van der Waals surface area contributed by atoms with Crippen LogP contribution in [0.15, 0.2) is 82.8 Å². The second-order valence-corrected chi connectivity index (χ2v) is 10.8. The molecule has 1 aliphatic rings. The number of benzene rings is 3. The van der Waals surface area contributed by atoms with E-state index in [-0.39, 0.29) is 23.1 Å². The number of carbonyl (C=O) groups excluding carboxylic acids is 2. The molecule has 0 atom stereocenters. The Labute approximate surface area is 232 Å². The second kappa shape index (κ2) is 13.2. The molecule has 1 saturated heterocycles. The Hall–Kier alpha value is -4.29. The summed E-state index contributed by atoms with van der Waals surface area (Å²) < 4.78 is 51.8. The standard InChI is InChI=1S/C28H29FN4O6S/c1-21-2-8-24(9-3-21)33(40(36,37)26-12-6-23(29)7-13-26)19-27(34)31-30-18-22-4-10-25(11-5-22)39-20-28(35)32-14-16-38-17-15-32/h2-13,18H,14-17,19-20H2,1H3,(H,31,34)/b30-18-. The number of hydrogen-bond donors (Lipinski definition) is 1. The number of anilines is 1. The van der Waals surface area contributed by atoms with Crippen molar-refractivity contribution in [3.8, 4) is 5.75 Å². The van der Waals surface area contributed by atoms with Gasteiger partial charge in [-0.3, -0.25) is 13.9 Å². The van der Waals surface area contributed by atoms with Crippen LogP contribution in [0.5, 0.6) is 5.75 Å². The lowest BCUT2D eigenvalue weighted by Gasteiger charge is -2.26. The van der Waals surface area contributed by atoms with Gasteiger partial charge in [-0.1, -0.05) is 17.7 Å². The van der Waals surface area contributed by atoms with Gasteiger partial charge in [0.25, 0.3) is 21.8 Å². The number of morpholine rings is 1. The molecule has 12 heteroatoms. The van der Waals surface area contributed by atoms with Crippen molar-refractivity contribution in [3.05, 3.63) is 89.7 Å². The highest BCUT2D eigenvalue weighted by Gasteiger charge is 2.27. The number of amides is 2. The summed E-state index contributed by atoms with van der Waals surface area (Å²) in [5.74, 6) is -0.863. The third kappa shape index (κ3) is 7.64. The van der Waals surface area contributed by atoms with E-state index in [0.717, 1.165) is 34.1 Å². The van der Waals surface area contributed by atoms with Gasteiger partial charge in [0.05, 0.1) is 30.0 Å². The Morgan fingerprint density at radius 2 is 1.68 bits per heavy atom. The number of ether oxygens (including phenoxy) is 2. The van der Waals surface area contributed by atoms with Crippen molar-refractivity contribution in [2.45, 2.75) is 11.8 Å². The molecule has 0 radical (unpaired) electrons. The van der Waals surface area contributed by atoms with E-state index in [2.05, 4.69) is 10.5 Å². The maximum atomic E-state index is 13.4. The van der Waals surface area contributed by atoms with Gasteiger partial charge >= 0.3 is 0 Å². The van der Waals surface area contributed by atoms with E-state index in [9.17, 15) is 22.4 Å². The Balaban J connectivity index is 1.36. The monoisotopic (exact) mass is 568 g/mol. The molecule has 0 aliphatic carbocycles. The summed E-state index contributed by atoms with van der Waals surface area (Å²) in [6.07, 6.45) is 1.39. The molecular formula is C28H29FN4O6S. The van der Waals surface area contributed by atoms with Gasteiger partial charge in [-0.15, -0.1) is 0 Å². The summed E-state index contributed by atoms with van der Waals surface area (Å²) in [6, 6.07) is 17.7. The molecule has 210 valence electrons. The normalized spacial score (nSPS) is 13.7.